The Morgan fingerprint density at radius 3 is 2.83 bits per heavy atom. The molecule has 0 atom stereocenters. The molecular formula is C17H17N3O3S. The number of aryl methyl sites for hydroxylation is 2. The van der Waals surface area contributed by atoms with Crippen LogP contribution in [0.4, 0.5) is 5.69 Å². The van der Waals surface area contributed by atoms with Crippen LogP contribution in [0.5, 0.6) is 0 Å². The normalized spacial score (nSPS) is 16.2. The first kappa shape index (κ1) is 15.1. The van der Waals surface area contributed by atoms with Crippen LogP contribution in [0.25, 0.3) is 0 Å². The average molecular weight is 343 g/mol. The molecule has 1 aromatic carbocycles. The lowest BCUT2D eigenvalue weighted by molar-refractivity contribution is 0.0945. The zero-order valence-corrected chi connectivity index (χ0v) is 13.8. The number of benzene rings is 1. The molecule has 2 N–H and O–H groups in total. The molecule has 124 valence electrons. The number of pyridine rings is 1. The van der Waals surface area contributed by atoms with Gasteiger partial charge in [0, 0.05) is 17.8 Å². The molecule has 0 fully saturated rings. The van der Waals surface area contributed by atoms with Gasteiger partial charge in [-0.05, 0) is 55.0 Å². The van der Waals surface area contributed by atoms with E-state index in [9.17, 15) is 13.2 Å². The van der Waals surface area contributed by atoms with Crippen molar-refractivity contribution in [2.45, 2.75) is 30.6 Å². The van der Waals surface area contributed by atoms with Crippen molar-refractivity contribution >= 4 is 21.6 Å². The highest BCUT2D eigenvalue weighted by atomic mass is 32.2. The summed E-state index contributed by atoms with van der Waals surface area (Å²) >= 11 is 0. The van der Waals surface area contributed by atoms with Crippen molar-refractivity contribution < 1.29 is 13.2 Å². The molecule has 4 rings (SSSR count). The Morgan fingerprint density at radius 1 is 1.08 bits per heavy atom. The monoisotopic (exact) mass is 343 g/mol. The second-order valence-corrected chi connectivity index (χ2v) is 7.80. The van der Waals surface area contributed by atoms with E-state index in [1.807, 2.05) is 6.07 Å². The van der Waals surface area contributed by atoms with Crippen molar-refractivity contribution in [2.24, 2.45) is 0 Å². The third-order valence-corrected chi connectivity index (χ3v) is 5.87. The molecule has 0 radical (unpaired) electrons. The molecule has 6 nitrogen and oxygen atoms in total. The largest absolute Gasteiger partial charge is 0.352 e. The summed E-state index contributed by atoms with van der Waals surface area (Å²) in [7, 11) is -3.76. The summed E-state index contributed by atoms with van der Waals surface area (Å²) in [5.41, 5.74) is 3.90. The van der Waals surface area contributed by atoms with E-state index < -0.39 is 10.0 Å². The second kappa shape index (κ2) is 5.59. The summed E-state index contributed by atoms with van der Waals surface area (Å²) in [5.74, 6) is -0.229. The quantitative estimate of drug-likeness (QED) is 0.887. The lowest BCUT2D eigenvalue weighted by Crippen LogP contribution is -2.32. The maximum atomic E-state index is 12.6. The van der Waals surface area contributed by atoms with Crippen molar-refractivity contribution in [3.05, 3.63) is 52.8 Å². The van der Waals surface area contributed by atoms with E-state index in [0.29, 0.717) is 24.2 Å². The van der Waals surface area contributed by atoms with Crippen LogP contribution in [0.15, 0.2) is 35.4 Å². The summed E-state index contributed by atoms with van der Waals surface area (Å²) in [6.45, 7) is 0.580. The molecule has 0 saturated carbocycles. The molecule has 2 aliphatic rings. The maximum absolute atomic E-state index is 12.6. The van der Waals surface area contributed by atoms with E-state index in [1.54, 1.807) is 18.3 Å². The Morgan fingerprint density at radius 2 is 1.96 bits per heavy atom. The zero-order valence-electron chi connectivity index (χ0n) is 13.0. The predicted molar refractivity (Wildman–Crippen MR) is 89.5 cm³/mol. The van der Waals surface area contributed by atoms with E-state index in [0.717, 1.165) is 36.1 Å². The summed E-state index contributed by atoms with van der Waals surface area (Å²) < 4.78 is 27.8. The van der Waals surface area contributed by atoms with Crippen LogP contribution in [0.1, 0.15) is 33.6 Å². The van der Waals surface area contributed by atoms with E-state index in [-0.39, 0.29) is 10.8 Å². The number of amides is 1. The smallest absolute Gasteiger partial charge is 0.261 e. The number of sulfonamides is 1. The summed E-state index contributed by atoms with van der Waals surface area (Å²) in [6, 6.07) is 6.54. The Balaban J connectivity index is 1.65. The summed E-state index contributed by atoms with van der Waals surface area (Å²) in [5, 5.41) is 2.73. The molecule has 1 aromatic heterocycles. The first-order valence-corrected chi connectivity index (χ1v) is 9.43. The third-order valence-electron chi connectivity index (χ3n) is 4.49. The van der Waals surface area contributed by atoms with Gasteiger partial charge < -0.3 is 5.32 Å². The maximum Gasteiger partial charge on any atom is 0.261 e. The van der Waals surface area contributed by atoms with Gasteiger partial charge in [0.05, 0.1) is 16.8 Å². The fourth-order valence-electron chi connectivity index (χ4n) is 3.25. The van der Waals surface area contributed by atoms with Crippen LogP contribution < -0.4 is 10.0 Å². The van der Waals surface area contributed by atoms with Crippen LogP contribution in [0, 0.1) is 0 Å². The van der Waals surface area contributed by atoms with Gasteiger partial charge in [-0.1, -0.05) is 6.07 Å². The highest BCUT2D eigenvalue weighted by Gasteiger charge is 2.22. The topological polar surface area (TPSA) is 88.2 Å². The number of carbonyl (C=O) groups excluding carboxylic acids is 1. The SMILES string of the molecule is O=C1NCCc2ccc(S(=O)(=O)Nc3cnc4c(c3)CCC4)cc21. The minimum atomic E-state index is -3.76. The Kier molecular flexibility index (Phi) is 3.53. The van der Waals surface area contributed by atoms with Crippen molar-refractivity contribution in [3.63, 3.8) is 0 Å². The average Bonchev–Trinajstić information content (AvgIpc) is 3.02. The molecule has 24 heavy (non-hydrogen) atoms. The first-order chi connectivity index (χ1) is 11.5. The molecule has 2 heterocycles. The Labute approximate surface area is 140 Å². The minimum Gasteiger partial charge on any atom is -0.352 e. The second-order valence-electron chi connectivity index (χ2n) is 6.11. The number of anilines is 1. The van der Waals surface area contributed by atoms with Gasteiger partial charge in [-0.2, -0.15) is 0 Å². The van der Waals surface area contributed by atoms with Gasteiger partial charge in [0.15, 0.2) is 0 Å². The minimum absolute atomic E-state index is 0.0822. The zero-order chi connectivity index (χ0) is 16.7. The van der Waals surface area contributed by atoms with Gasteiger partial charge in [0.1, 0.15) is 0 Å². The molecule has 2 aromatic rings. The van der Waals surface area contributed by atoms with Crippen molar-refractivity contribution in [3.8, 4) is 0 Å². The van der Waals surface area contributed by atoms with E-state index in [2.05, 4.69) is 15.0 Å². The third kappa shape index (κ3) is 2.65. The number of nitrogens with zero attached hydrogens (tertiary/aromatic N) is 1. The van der Waals surface area contributed by atoms with Crippen LogP contribution >= 0.6 is 0 Å². The standard InChI is InChI=1S/C17H17N3O3S/c21-17-15-9-14(5-4-11(15)6-7-18-17)24(22,23)20-13-8-12-2-1-3-16(12)19-10-13/h4-5,8-10,20H,1-3,6-7H2,(H,18,21). The molecule has 0 saturated heterocycles. The summed E-state index contributed by atoms with van der Waals surface area (Å²) in [6.07, 6.45) is 5.19. The van der Waals surface area contributed by atoms with Crippen LogP contribution in [0.3, 0.4) is 0 Å². The number of rotatable bonds is 3. The van der Waals surface area contributed by atoms with Gasteiger partial charge in [-0.15, -0.1) is 0 Å². The highest BCUT2D eigenvalue weighted by Crippen LogP contribution is 2.25. The van der Waals surface area contributed by atoms with Gasteiger partial charge >= 0.3 is 0 Å². The van der Waals surface area contributed by atoms with E-state index >= 15 is 0 Å². The van der Waals surface area contributed by atoms with Gasteiger partial charge in [-0.3, -0.25) is 14.5 Å². The Hall–Kier alpha value is -2.41. The first-order valence-electron chi connectivity index (χ1n) is 7.95. The van der Waals surface area contributed by atoms with Crippen molar-refractivity contribution in [1.82, 2.24) is 10.3 Å². The van der Waals surface area contributed by atoms with Crippen LogP contribution in [0.2, 0.25) is 0 Å². The van der Waals surface area contributed by atoms with E-state index in [1.165, 1.54) is 6.07 Å². The molecule has 1 aliphatic carbocycles. The van der Waals surface area contributed by atoms with Crippen molar-refractivity contribution in [1.29, 1.82) is 0 Å². The predicted octanol–water partition coefficient (Wildman–Crippen LogP) is 1.66. The molecule has 1 amide bonds. The molecule has 0 unspecified atom stereocenters. The number of nitrogens with one attached hydrogen (secondary N) is 2. The molecule has 0 spiro atoms. The van der Waals surface area contributed by atoms with E-state index in [4.69, 9.17) is 0 Å². The number of fused-ring (bicyclic) bond motifs is 2. The highest BCUT2D eigenvalue weighted by molar-refractivity contribution is 7.92. The van der Waals surface area contributed by atoms with Gasteiger partial charge in [-0.25, -0.2) is 8.42 Å². The number of carbonyl (C=O) groups is 1. The number of hydrogen-bond donors (Lipinski definition) is 2. The molecular weight excluding hydrogens is 326 g/mol. The lowest BCUT2D eigenvalue weighted by atomic mass is 10.0. The van der Waals surface area contributed by atoms with Crippen molar-refractivity contribution in [2.75, 3.05) is 11.3 Å². The summed E-state index contributed by atoms with van der Waals surface area (Å²) in [4.78, 5) is 16.3. The fourth-order valence-corrected chi connectivity index (χ4v) is 4.31. The van der Waals surface area contributed by atoms with Gasteiger partial charge in [0.2, 0.25) is 0 Å². The molecule has 0 bridgehead atoms. The lowest BCUT2D eigenvalue weighted by Gasteiger charge is -2.17. The number of aromatic nitrogens is 1. The van der Waals surface area contributed by atoms with Crippen LogP contribution in [-0.4, -0.2) is 25.9 Å². The molecule has 7 heteroatoms. The van der Waals surface area contributed by atoms with Gasteiger partial charge in [0.25, 0.3) is 15.9 Å². The molecule has 1 aliphatic heterocycles. The number of hydrogen-bond acceptors (Lipinski definition) is 4. The van der Waals surface area contributed by atoms with Crippen LogP contribution in [-0.2, 0) is 29.3 Å². The Bertz CT molecular complexity index is 938. The fraction of sp³-hybridized carbons (Fsp3) is 0.294.